The molecule has 32 heavy (non-hydrogen) atoms. The van der Waals surface area contributed by atoms with Crippen molar-refractivity contribution in [2.24, 2.45) is 4.99 Å². The first-order valence-corrected chi connectivity index (χ1v) is 11.4. The second-order valence-electron chi connectivity index (χ2n) is 8.26. The van der Waals surface area contributed by atoms with Gasteiger partial charge >= 0.3 is 0 Å². The Kier molecular flexibility index (Phi) is 11.5. The summed E-state index contributed by atoms with van der Waals surface area (Å²) in [5.74, 6) is 1.89. The number of piperazine rings is 1. The molecule has 0 spiro atoms. The van der Waals surface area contributed by atoms with Gasteiger partial charge in [0.15, 0.2) is 5.96 Å². The first-order chi connectivity index (χ1) is 15.1. The predicted octanol–water partition coefficient (Wildman–Crippen LogP) is 1.78. The number of hydrogen-bond acceptors (Lipinski definition) is 5. The Morgan fingerprint density at radius 2 is 1.72 bits per heavy atom. The fourth-order valence-corrected chi connectivity index (χ4v) is 4.37. The number of methoxy groups -OCH3 is 1. The van der Waals surface area contributed by atoms with E-state index in [2.05, 4.69) is 37.6 Å². The van der Waals surface area contributed by atoms with E-state index in [4.69, 9.17) is 4.74 Å². The lowest BCUT2D eigenvalue weighted by Gasteiger charge is -2.34. The Labute approximate surface area is 209 Å². The summed E-state index contributed by atoms with van der Waals surface area (Å²) in [6.07, 6.45) is 2.52. The Hall–Kier alpha value is -1.59. The number of ether oxygens (including phenoxy) is 1. The van der Waals surface area contributed by atoms with Crippen molar-refractivity contribution in [3.8, 4) is 5.75 Å². The first-order valence-electron chi connectivity index (χ1n) is 11.4. The van der Waals surface area contributed by atoms with Crippen molar-refractivity contribution in [1.82, 2.24) is 25.3 Å². The molecule has 8 nitrogen and oxygen atoms in total. The van der Waals surface area contributed by atoms with Gasteiger partial charge in [0.1, 0.15) is 5.75 Å². The minimum atomic E-state index is 0. The van der Waals surface area contributed by atoms with Crippen LogP contribution in [0.15, 0.2) is 29.3 Å². The second kappa shape index (κ2) is 13.8. The molecule has 0 aliphatic carbocycles. The highest BCUT2D eigenvalue weighted by Gasteiger charge is 2.24. The molecule has 0 bridgehead atoms. The largest absolute Gasteiger partial charge is 0.497 e. The smallest absolute Gasteiger partial charge is 0.219 e. The molecule has 1 aromatic rings. The lowest BCUT2D eigenvalue weighted by molar-refractivity contribution is -0.130. The van der Waals surface area contributed by atoms with Crippen LogP contribution >= 0.6 is 24.0 Å². The SMILES string of the molecule is CN=C(NCCN1CCN(C(C)=O)CC1)NCC(c1ccc(OC)cc1)N1CCCC1.I. The lowest BCUT2D eigenvalue weighted by Crippen LogP contribution is -2.50. The van der Waals surface area contributed by atoms with E-state index in [0.29, 0.717) is 6.04 Å². The molecule has 3 rings (SSSR count). The van der Waals surface area contributed by atoms with Crippen LogP contribution in [0, 0.1) is 0 Å². The summed E-state index contributed by atoms with van der Waals surface area (Å²) in [7, 11) is 3.52. The summed E-state index contributed by atoms with van der Waals surface area (Å²) in [5, 5.41) is 6.97. The highest BCUT2D eigenvalue weighted by atomic mass is 127. The van der Waals surface area contributed by atoms with Crippen LogP contribution in [0.5, 0.6) is 5.75 Å². The average Bonchev–Trinajstić information content (AvgIpc) is 3.33. The van der Waals surface area contributed by atoms with Gasteiger partial charge in [0, 0.05) is 59.8 Å². The molecule has 2 aliphatic heterocycles. The molecule has 2 aliphatic rings. The number of halogens is 1. The van der Waals surface area contributed by atoms with Crippen molar-refractivity contribution in [3.05, 3.63) is 29.8 Å². The number of likely N-dealkylation sites (tertiary alicyclic amines) is 1. The molecule has 1 aromatic carbocycles. The van der Waals surface area contributed by atoms with Crippen molar-refractivity contribution in [2.75, 3.05) is 73.1 Å². The molecular formula is C23H39IN6O2. The quantitative estimate of drug-likeness (QED) is 0.288. The number of guanidine groups is 1. The van der Waals surface area contributed by atoms with E-state index >= 15 is 0 Å². The molecular weight excluding hydrogens is 519 g/mol. The van der Waals surface area contributed by atoms with Gasteiger partial charge in [-0.1, -0.05) is 12.1 Å². The number of aliphatic imine (C=N–C) groups is 1. The van der Waals surface area contributed by atoms with Crippen molar-refractivity contribution < 1.29 is 9.53 Å². The molecule has 2 N–H and O–H groups in total. The van der Waals surface area contributed by atoms with Gasteiger partial charge in [-0.2, -0.15) is 0 Å². The molecule has 2 saturated heterocycles. The van der Waals surface area contributed by atoms with E-state index in [9.17, 15) is 4.79 Å². The highest BCUT2D eigenvalue weighted by molar-refractivity contribution is 14.0. The van der Waals surface area contributed by atoms with E-state index in [1.54, 1.807) is 14.0 Å². The summed E-state index contributed by atoms with van der Waals surface area (Å²) in [6, 6.07) is 8.72. The third-order valence-electron chi connectivity index (χ3n) is 6.31. The van der Waals surface area contributed by atoms with Crippen LogP contribution in [0.25, 0.3) is 0 Å². The van der Waals surface area contributed by atoms with Gasteiger partial charge in [-0.3, -0.25) is 19.6 Å². The van der Waals surface area contributed by atoms with Crippen LogP contribution < -0.4 is 15.4 Å². The van der Waals surface area contributed by atoms with Gasteiger partial charge in [0.25, 0.3) is 0 Å². The molecule has 1 atom stereocenters. The molecule has 1 amide bonds. The Bertz CT molecular complexity index is 716. The number of benzene rings is 1. The minimum Gasteiger partial charge on any atom is -0.497 e. The molecule has 0 aromatic heterocycles. The zero-order chi connectivity index (χ0) is 22.1. The summed E-state index contributed by atoms with van der Waals surface area (Å²) >= 11 is 0. The summed E-state index contributed by atoms with van der Waals surface area (Å²) in [5.41, 5.74) is 1.30. The van der Waals surface area contributed by atoms with Gasteiger partial charge in [-0.05, 0) is 43.6 Å². The van der Waals surface area contributed by atoms with Crippen molar-refractivity contribution in [3.63, 3.8) is 0 Å². The minimum absolute atomic E-state index is 0. The van der Waals surface area contributed by atoms with E-state index in [-0.39, 0.29) is 29.9 Å². The maximum atomic E-state index is 11.5. The molecule has 2 fully saturated rings. The van der Waals surface area contributed by atoms with Crippen LogP contribution in [0.2, 0.25) is 0 Å². The maximum Gasteiger partial charge on any atom is 0.219 e. The van der Waals surface area contributed by atoms with Crippen LogP contribution in [-0.4, -0.2) is 99.6 Å². The molecule has 180 valence electrons. The molecule has 0 saturated carbocycles. The molecule has 2 heterocycles. The van der Waals surface area contributed by atoms with E-state index in [1.165, 1.54) is 18.4 Å². The lowest BCUT2D eigenvalue weighted by atomic mass is 10.1. The third-order valence-corrected chi connectivity index (χ3v) is 6.31. The Balaban J connectivity index is 0.00000363. The van der Waals surface area contributed by atoms with Crippen molar-refractivity contribution in [1.29, 1.82) is 0 Å². The summed E-state index contributed by atoms with van der Waals surface area (Å²) in [6.45, 7) is 10.0. The number of carbonyl (C=O) groups excluding carboxylic acids is 1. The van der Waals surface area contributed by atoms with E-state index < -0.39 is 0 Å². The van der Waals surface area contributed by atoms with Crippen LogP contribution in [0.4, 0.5) is 0 Å². The average molecular weight is 559 g/mol. The summed E-state index contributed by atoms with van der Waals surface area (Å²) < 4.78 is 5.32. The zero-order valence-electron chi connectivity index (χ0n) is 19.7. The fourth-order valence-electron chi connectivity index (χ4n) is 4.37. The number of rotatable bonds is 8. The first kappa shape index (κ1) is 26.7. The normalized spacial score (nSPS) is 18.7. The number of carbonyl (C=O) groups is 1. The highest BCUT2D eigenvalue weighted by Crippen LogP contribution is 2.26. The Morgan fingerprint density at radius 1 is 1.06 bits per heavy atom. The summed E-state index contributed by atoms with van der Waals surface area (Å²) in [4.78, 5) is 22.7. The van der Waals surface area contributed by atoms with Gasteiger partial charge in [-0.15, -0.1) is 24.0 Å². The van der Waals surface area contributed by atoms with E-state index in [1.807, 2.05) is 24.1 Å². The monoisotopic (exact) mass is 558 g/mol. The van der Waals surface area contributed by atoms with E-state index in [0.717, 1.165) is 70.6 Å². The number of amides is 1. The van der Waals surface area contributed by atoms with Crippen molar-refractivity contribution >= 4 is 35.8 Å². The van der Waals surface area contributed by atoms with Crippen LogP contribution in [-0.2, 0) is 4.79 Å². The van der Waals surface area contributed by atoms with Crippen LogP contribution in [0.3, 0.4) is 0 Å². The van der Waals surface area contributed by atoms with Crippen LogP contribution in [0.1, 0.15) is 31.4 Å². The molecule has 1 unspecified atom stereocenters. The number of nitrogens with zero attached hydrogens (tertiary/aromatic N) is 4. The predicted molar refractivity (Wildman–Crippen MR) is 140 cm³/mol. The van der Waals surface area contributed by atoms with Gasteiger partial charge in [0.05, 0.1) is 13.2 Å². The van der Waals surface area contributed by atoms with Crippen molar-refractivity contribution in [2.45, 2.75) is 25.8 Å². The van der Waals surface area contributed by atoms with Gasteiger partial charge in [-0.25, -0.2) is 0 Å². The zero-order valence-corrected chi connectivity index (χ0v) is 22.0. The second-order valence-corrected chi connectivity index (χ2v) is 8.26. The molecule has 9 heteroatoms. The standard InChI is InChI=1S/C23H38N6O2.HI/c1-19(30)28-16-14-27(15-17-28)13-10-25-23(24-2)26-18-22(29-11-4-5-12-29)20-6-8-21(31-3)9-7-20;/h6-9,22H,4-5,10-18H2,1-3H3,(H2,24,25,26);1H. The number of hydrogen-bond donors (Lipinski definition) is 2. The Morgan fingerprint density at radius 3 is 2.28 bits per heavy atom. The van der Waals surface area contributed by atoms with Gasteiger partial charge < -0.3 is 20.3 Å². The maximum absolute atomic E-state index is 11.5. The van der Waals surface area contributed by atoms with Gasteiger partial charge in [0.2, 0.25) is 5.91 Å². The number of nitrogens with one attached hydrogen (secondary N) is 2. The topological polar surface area (TPSA) is 72.4 Å². The molecule has 0 radical (unpaired) electrons. The fraction of sp³-hybridized carbons (Fsp3) is 0.652. The third kappa shape index (κ3) is 7.77.